The molecule has 30 heavy (non-hydrogen) atoms. The number of thioether (sulfide) groups is 1. The van der Waals surface area contributed by atoms with Crippen LogP contribution in [0, 0.1) is 5.92 Å². The zero-order chi connectivity index (χ0) is 20.8. The lowest BCUT2D eigenvalue weighted by Crippen LogP contribution is -2.52. The number of ether oxygens (including phenoxy) is 2. The van der Waals surface area contributed by atoms with E-state index < -0.39 is 0 Å². The van der Waals surface area contributed by atoms with Gasteiger partial charge in [-0.2, -0.15) is 0 Å². The van der Waals surface area contributed by atoms with Gasteiger partial charge in [-0.1, -0.05) is 23.4 Å². The molecule has 2 aliphatic rings. The molecule has 0 aliphatic carbocycles. The quantitative estimate of drug-likeness (QED) is 0.610. The van der Waals surface area contributed by atoms with Crippen molar-refractivity contribution in [3.8, 4) is 11.5 Å². The van der Waals surface area contributed by atoms with Crippen molar-refractivity contribution in [1.29, 1.82) is 0 Å². The van der Waals surface area contributed by atoms with Crippen molar-refractivity contribution in [1.82, 2.24) is 20.4 Å². The third-order valence-electron chi connectivity index (χ3n) is 5.36. The highest BCUT2D eigenvalue weighted by Crippen LogP contribution is 2.25. The van der Waals surface area contributed by atoms with Gasteiger partial charge in [-0.15, -0.1) is 10.2 Å². The van der Waals surface area contributed by atoms with Crippen LogP contribution in [0.25, 0.3) is 11.5 Å². The van der Waals surface area contributed by atoms with Crippen LogP contribution in [0.2, 0.25) is 5.02 Å². The van der Waals surface area contributed by atoms with E-state index in [0.29, 0.717) is 28.6 Å². The molecule has 2 atom stereocenters. The highest BCUT2D eigenvalue weighted by atomic mass is 35.5. The smallest absolute Gasteiger partial charge is 0.277 e. The average Bonchev–Trinajstić information content (AvgIpc) is 3.46. The molecule has 2 fully saturated rings. The third kappa shape index (κ3) is 5.73. The van der Waals surface area contributed by atoms with Crippen molar-refractivity contribution in [2.75, 3.05) is 51.8 Å². The molecule has 0 radical (unpaired) electrons. The molecule has 4 rings (SSSR count). The maximum absolute atomic E-state index is 12.4. The summed E-state index contributed by atoms with van der Waals surface area (Å²) in [4.78, 5) is 14.8. The Morgan fingerprint density at radius 3 is 2.73 bits per heavy atom. The maximum atomic E-state index is 12.4. The van der Waals surface area contributed by atoms with Gasteiger partial charge in [0.25, 0.3) is 5.22 Å². The van der Waals surface area contributed by atoms with E-state index in [2.05, 4.69) is 20.4 Å². The van der Waals surface area contributed by atoms with Crippen LogP contribution in [-0.4, -0.2) is 78.9 Å². The molecule has 162 valence electrons. The summed E-state index contributed by atoms with van der Waals surface area (Å²) < 4.78 is 16.7. The largest absolute Gasteiger partial charge is 0.411 e. The number of carbonyl (C=O) groups excluding carboxylic acids is 1. The molecule has 1 aromatic heterocycles. The first-order chi connectivity index (χ1) is 14.7. The predicted molar refractivity (Wildman–Crippen MR) is 114 cm³/mol. The first-order valence-electron chi connectivity index (χ1n) is 10.1. The molecular weight excluding hydrogens is 428 g/mol. The molecule has 1 N–H and O–H groups in total. The Kier molecular flexibility index (Phi) is 7.62. The van der Waals surface area contributed by atoms with Crippen LogP contribution in [0.5, 0.6) is 0 Å². The molecule has 2 unspecified atom stereocenters. The zero-order valence-corrected chi connectivity index (χ0v) is 18.2. The van der Waals surface area contributed by atoms with Gasteiger partial charge in [0.15, 0.2) is 0 Å². The normalized spacial score (nSPS) is 20.9. The fourth-order valence-corrected chi connectivity index (χ4v) is 4.45. The van der Waals surface area contributed by atoms with E-state index >= 15 is 0 Å². The van der Waals surface area contributed by atoms with Crippen LogP contribution in [0.1, 0.15) is 6.42 Å². The molecule has 10 heteroatoms. The summed E-state index contributed by atoms with van der Waals surface area (Å²) >= 11 is 7.13. The maximum Gasteiger partial charge on any atom is 0.277 e. The average molecular weight is 453 g/mol. The summed E-state index contributed by atoms with van der Waals surface area (Å²) in [6.45, 7) is 5.41. The van der Waals surface area contributed by atoms with Crippen molar-refractivity contribution in [3.63, 3.8) is 0 Å². The van der Waals surface area contributed by atoms with E-state index in [-0.39, 0.29) is 17.7 Å². The lowest BCUT2D eigenvalue weighted by molar-refractivity contribution is -0.119. The fourth-order valence-electron chi connectivity index (χ4n) is 3.73. The number of nitrogens with zero attached hydrogens (tertiary/aromatic N) is 3. The highest BCUT2D eigenvalue weighted by Gasteiger charge is 2.31. The molecule has 1 amide bonds. The van der Waals surface area contributed by atoms with Gasteiger partial charge in [0.2, 0.25) is 11.8 Å². The molecule has 3 heterocycles. The summed E-state index contributed by atoms with van der Waals surface area (Å²) in [5.41, 5.74) is 0.787. The van der Waals surface area contributed by atoms with Gasteiger partial charge in [-0.05, 0) is 30.7 Å². The van der Waals surface area contributed by atoms with Gasteiger partial charge in [-0.25, -0.2) is 0 Å². The second-order valence-electron chi connectivity index (χ2n) is 7.31. The van der Waals surface area contributed by atoms with Crippen molar-refractivity contribution in [2.24, 2.45) is 5.92 Å². The Labute approximate surface area is 184 Å². The number of morpholine rings is 1. The van der Waals surface area contributed by atoms with E-state index in [0.717, 1.165) is 51.5 Å². The van der Waals surface area contributed by atoms with Crippen LogP contribution in [0.3, 0.4) is 0 Å². The van der Waals surface area contributed by atoms with E-state index in [1.165, 1.54) is 11.8 Å². The Morgan fingerprint density at radius 1 is 1.20 bits per heavy atom. The zero-order valence-electron chi connectivity index (χ0n) is 16.6. The minimum Gasteiger partial charge on any atom is -0.411 e. The summed E-state index contributed by atoms with van der Waals surface area (Å²) in [6, 6.07) is 7.43. The van der Waals surface area contributed by atoms with Crippen molar-refractivity contribution < 1.29 is 18.7 Å². The number of hydrogen-bond acceptors (Lipinski definition) is 8. The number of halogens is 1. The summed E-state index contributed by atoms with van der Waals surface area (Å²) in [5, 5.41) is 12.1. The number of nitrogens with one attached hydrogen (secondary N) is 1. The van der Waals surface area contributed by atoms with Gasteiger partial charge in [0.05, 0.1) is 25.6 Å². The number of benzene rings is 1. The first-order valence-corrected chi connectivity index (χ1v) is 11.4. The van der Waals surface area contributed by atoms with Crippen molar-refractivity contribution in [2.45, 2.75) is 17.7 Å². The SMILES string of the molecule is O=C(CSc1nnc(-c2ccc(Cl)cc2)o1)NCC(C1CCOC1)N1CCOCC1. The predicted octanol–water partition coefficient (Wildman–Crippen LogP) is 2.34. The molecule has 8 nitrogen and oxygen atoms in total. The fraction of sp³-hybridized carbons (Fsp3) is 0.550. The van der Waals surface area contributed by atoms with E-state index in [4.69, 9.17) is 25.5 Å². The van der Waals surface area contributed by atoms with Crippen molar-refractivity contribution >= 4 is 29.3 Å². The standard InChI is InChI=1S/C20H25ClN4O4S/c21-16-3-1-14(2-4-16)19-23-24-20(29-19)30-13-18(26)22-11-17(15-5-8-28-12-15)25-6-9-27-10-7-25/h1-4,15,17H,5-13H2,(H,22,26). The van der Waals surface area contributed by atoms with Crippen LogP contribution in [0.15, 0.2) is 33.9 Å². The number of aromatic nitrogens is 2. The van der Waals surface area contributed by atoms with Crippen molar-refractivity contribution in [3.05, 3.63) is 29.3 Å². The molecular formula is C20H25ClN4O4S. The van der Waals surface area contributed by atoms with Gasteiger partial charge in [0.1, 0.15) is 0 Å². The Morgan fingerprint density at radius 2 is 2.00 bits per heavy atom. The molecule has 2 aromatic rings. The second-order valence-corrected chi connectivity index (χ2v) is 8.68. The van der Waals surface area contributed by atoms with Gasteiger partial charge >= 0.3 is 0 Å². The second kappa shape index (κ2) is 10.6. The summed E-state index contributed by atoms with van der Waals surface area (Å²) in [6.07, 6.45) is 1.03. The van der Waals surface area contributed by atoms with Gasteiger partial charge < -0.3 is 19.2 Å². The van der Waals surface area contributed by atoms with Crippen LogP contribution < -0.4 is 5.32 Å². The van der Waals surface area contributed by atoms with E-state index in [1.807, 2.05) is 12.1 Å². The Balaban J connectivity index is 1.27. The van der Waals surface area contributed by atoms with Crippen LogP contribution >= 0.6 is 23.4 Å². The minimum absolute atomic E-state index is 0.0524. The number of rotatable bonds is 8. The minimum atomic E-state index is -0.0524. The van der Waals surface area contributed by atoms with Crippen LogP contribution in [-0.2, 0) is 14.3 Å². The molecule has 1 aromatic carbocycles. The lowest BCUT2D eigenvalue weighted by Gasteiger charge is -2.37. The molecule has 0 spiro atoms. The van der Waals surface area contributed by atoms with E-state index in [1.54, 1.807) is 12.1 Å². The third-order valence-corrected chi connectivity index (χ3v) is 6.43. The lowest BCUT2D eigenvalue weighted by atomic mass is 9.97. The first kappa shape index (κ1) is 21.6. The summed E-state index contributed by atoms with van der Waals surface area (Å²) in [7, 11) is 0. The van der Waals surface area contributed by atoms with E-state index in [9.17, 15) is 4.79 Å². The number of amides is 1. The number of carbonyl (C=O) groups is 1. The molecule has 2 aliphatic heterocycles. The molecule has 0 saturated carbocycles. The summed E-state index contributed by atoms with van der Waals surface area (Å²) in [5.74, 6) is 1.01. The Hall–Kier alpha value is -1.65. The van der Waals surface area contributed by atoms with Crippen LogP contribution in [0.4, 0.5) is 0 Å². The number of hydrogen-bond donors (Lipinski definition) is 1. The monoisotopic (exact) mass is 452 g/mol. The molecule has 0 bridgehead atoms. The van der Waals surface area contributed by atoms with Gasteiger partial charge in [-0.3, -0.25) is 9.69 Å². The topological polar surface area (TPSA) is 89.7 Å². The van der Waals surface area contributed by atoms with Gasteiger partial charge in [0, 0.05) is 48.8 Å². The Bertz CT molecular complexity index is 822. The highest BCUT2D eigenvalue weighted by molar-refractivity contribution is 7.99. The molecule has 2 saturated heterocycles.